The van der Waals surface area contributed by atoms with Gasteiger partial charge in [0.2, 0.25) is 0 Å². The first kappa shape index (κ1) is 14.8. The molecule has 0 amide bonds. The van der Waals surface area contributed by atoms with E-state index in [2.05, 4.69) is 24.1 Å². The fourth-order valence-electron chi connectivity index (χ4n) is 4.73. The Morgan fingerprint density at radius 1 is 1.20 bits per heavy atom. The highest BCUT2D eigenvalue weighted by molar-refractivity contribution is 5.02. The topological polar surface area (TPSA) is 35.5 Å². The molecule has 0 aromatic heterocycles. The lowest BCUT2D eigenvalue weighted by molar-refractivity contribution is 0.0363. The second-order valence-electron chi connectivity index (χ2n) is 7.54. The molecule has 4 unspecified atom stereocenters. The number of likely N-dealkylation sites (tertiary alicyclic amines) is 1. The largest absolute Gasteiger partial charge is 0.394 e. The van der Waals surface area contributed by atoms with Gasteiger partial charge in [-0.25, -0.2) is 0 Å². The Balaban J connectivity index is 1.69. The lowest BCUT2D eigenvalue weighted by Crippen LogP contribution is -2.57. The molecule has 2 N–H and O–H groups in total. The number of nitrogens with one attached hydrogen (secondary N) is 1. The maximum atomic E-state index is 9.99. The third-order valence-electron chi connectivity index (χ3n) is 5.95. The minimum Gasteiger partial charge on any atom is -0.394 e. The normalized spacial score (nSPS) is 43.0. The highest BCUT2D eigenvalue weighted by atomic mass is 16.3. The number of nitrogens with zero attached hydrogens (tertiary/aromatic N) is 1. The average molecular weight is 280 g/mol. The molecule has 2 aliphatic carbocycles. The Labute approximate surface area is 124 Å². The third kappa shape index (κ3) is 2.90. The van der Waals surface area contributed by atoms with Crippen LogP contribution in [0.4, 0.5) is 0 Å². The van der Waals surface area contributed by atoms with Crippen molar-refractivity contribution in [2.45, 2.75) is 101 Å². The van der Waals surface area contributed by atoms with Gasteiger partial charge in [0.05, 0.1) is 6.61 Å². The van der Waals surface area contributed by atoms with Crippen molar-refractivity contribution in [3.05, 3.63) is 0 Å². The molecule has 3 fully saturated rings. The summed E-state index contributed by atoms with van der Waals surface area (Å²) in [6, 6.07) is 2.90. The zero-order valence-corrected chi connectivity index (χ0v) is 13.3. The van der Waals surface area contributed by atoms with Crippen molar-refractivity contribution >= 4 is 0 Å². The van der Waals surface area contributed by atoms with Crippen LogP contribution in [0.25, 0.3) is 0 Å². The van der Waals surface area contributed by atoms with Gasteiger partial charge in [0.15, 0.2) is 0 Å². The molecule has 0 spiro atoms. The summed E-state index contributed by atoms with van der Waals surface area (Å²) in [5.41, 5.74) is 0.0185. The van der Waals surface area contributed by atoms with Gasteiger partial charge < -0.3 is 10.4 Å². The van der Waals surface area contributed by atoms with E-state index in [1.165, 1.54) is 44.9 Å². The van der Waals surface area contributed by atoms with Gasteiger partial charge in [-0.05, 0) is 64.7 Å². The first-order valence-electron chi connectivity index (χ1n) is 8.83. The Kier molecular flexibility index (Phi) is 4.40. The maximum absolute atomic E-state index is 9.99. The summed E-state index contributed by atoms with van der Waals surface area (Å²) in [5.74, 6) is 0. The second-order valence-corrected chi connectivity index (χ2v) is 7.54. The average Bonchev–Trinajstić information content (AvgIpc) is 3.19. The van der Waals surface area contributed by atoms with Crippen LogP contribution in [0.2, 0.25) is 0 Å². The summed E-state index contributed by atoms with van der Waals surface area (Å²) in [4.78, 5) is 2.80. The van der Waals surface area contributed by atoms with Gasteiger partial charge in [-0.3, -0.25) is 4.90 Å². The third-order valence-corrected chi connectivity index (χ3v) is 5.95. The van der Waals surface area contributed by atoms with E-state index in [1.807, 2.05) is 0 Å². The highest BCUT2D eigenvalue weighted by Crippen LogP contribution is 2.39. The van der Waals surface area contributed by atoms with Crippen LogP contribution < -0.4 is 5.32 Å². The Hall–Kier alpha value is -0.120. The zero-order chi connectivity index (χ0) is 14.2. The Bertz CT molecular complexity index is 331. The van der Waals surface area contributed by atoms with Gasteiger partial charge in [-0.2, -0.15) is 0 Å². The van der Waals surface area contributed by atoms with E-state index < -0.39 is 0 Å². The summed E-state index contributed by atoms with van der Waals surface area (Å²) in [5, 5.41) is 13.8. The van der Waals surface area contributed by atoms with Gasteiger partial charge in [-0.1, -0.05) is 6.92 Å². The fourth-order valence-corrected chi connectivity index (χ4v) is 4.73. The van der Waals surface area contributed by atoms with Gasteiger partial charge in [0, 0.05) is 29.7 Å². The van der Waals surface area contributed by atoms with E-state index in [0.29, 0.717) is 18.7 Å². The predicted molar refractivity (Wildman–Crippen MR) is 82.8 cm³/mol. The molecular weight excluding hydrogens is 248 g/mol. The van der Waals surface area contributed by atoms with Crippen molar-refractivity contribution in [2.75, 3.05) is 6.61 Å². The Morgan fingerprint density at radius 2 is 2.00 bits per heavy atom. The van der Waals surface area contributed by atoms with Crippen molar-refractivity contribution in [3.63, 3.8) is 0 Å². The molecule has 2 saturated carbocycles. The summed E-state index contributed by atoms with van der Waals surface area (Å²) in [6.07, 6.45) is 11.5. The SMILES string of the molecule is CCC1CCC(C)N1C1CCCC(CO)(NC2CC2)C1. The number of aliphatic hydroxyl groups excluding tert-OH is 1. The molecule has 3 nitrogen and oxygen atoms in total. The number of hydrogen-bond donors (Lipinski definition) is 2. The highest BCUT2D eigenvalue weighted by Gasteiger charge is 2.44. The van der Waals surface area contributed by atoms with Crippen LogP contribution in [0, 0.1) is 0 Å². The van der Waals surface area contributed by atoms with E-state index in [9.17, 15) is 5.11 Å². The lowest BCUT2D eigenvalue weighted by atomic mass is 9.78. The zero-order valence-electron chi connectivity index (χ0n) is 13.3. The molecule has 0 radical (unpaired) electrons. The Morgan fingerprint density at radius 3 is 2.65 bits per heavy atom. The monoisotopic (exact) mass is 280 g/mol. The van der Waals surface area contributed by atoms with Gasteiger partial charge in [0.1, 0.15) is 0 Å². The predicted octanol–water partition coefficient (Wildman–Crippen LogP) is 2.68. The fraction of sp³-hybridized carbons (Fsp3) is 1.00. The quantitative estimate of drug-likeness (QED) is 0.813. The van der Waals surface area contributed by atoms with Gasteiger partial charge in [-0.15, -0.1) is 0 Å². The molecule has 1 saturated heterocycles. The molecule has 4 atom stereocenters. The molecule has 0 aromatic carbocycles. The van der Waals surface area contributed by atoms with Crippen LogP contribution in [-0.2, 0) is 0 Å². The molecule has 1 aliphatic heterocycles. The van der Waals surface area contributed by atoms with E-state index >= 15 is 0 Å². The standard InChI is InChI=1S/C17H32N2O/c1-3-15-9-6-13(2)19(15)16-5-4-10-17(11-16,12-20)18-14-7-8-14/h13-16,18,20H,3-12H2,1-2H3. The molecule has 20 heavy (non-hydrogen) atoms. The molecular formula is C17H32N2O. The van der Waals surface area contributed by atoms with Crippen molar-refractivity contribution in [1.82, 2.24) is 10.2 Å². The summed E-state index contributed by atoms with van der Waals surface area (Å²) in [7, 11) is 0. The second kappa shape index (κ2) is 5.94. The number of hydrogen-bond acceptors (Lipinski definition) is 3. The summed E-state index contributed by atoms with van der Waals surface area (Å²) < 4.78 is 0. The van der Waals surface area contributed by atoms with Crippen molar-refractivity contribution < 1.29 is 5.11 Å². The number of rotatable bonds is 5. The molecule has 3 aliphatic rings. The van der Waals surface area contributed by atoms with E-state index in [0.717, 1.165) is 24.9 Å². The van der Waals surface area contributed by atoms with Crippen LogP contribution in [0.5, 0.6) is 0 Å². The molecule has 1 heterocycles. The summed E-state index contributed by atoms with van der Waals surface area (Å²) >= 11 is 0. The van der Waals surface area contributed by atoms with Crippen LogP contribution in [-0.4, -0.2) is 46.3 Å². The summed E-state index contributed by atoms with van der Waals surface area (Å²) in [6.45, 7) is 5.05. The van der Waals surface area contributed by atoms with E-state index in [4.69, 9.17) is 0 Å². The first-order chi connectivity index (χ1) is 9.67. The maximum Gasteiger partial charge on any atom is 0.0613 e. The van der Waals surface area contributed by atoms with Crippen molar-refractivity contribution in [2.24, 2.45) is 0 Å². The van der Waals surface area contributed by atoms with Crippen LogP contribution in [0.15, 0.2) is 0 Å². The minimum absolute atomic E-state index is 0.0185. The molecule has 116 valence electrons. The van der Waals surface area contributed by atoms with Crippen LogP contribution in [0.3, 0.4) is 0 Å². The minimum atomic E-state index is 0.0185. The van der Waals surface area contributed by atoms with Crippen LogP contribution in [0.1, 0.15) is 71.6 Å². The van der Waals surface area contributed by atoms with E-state index in [-0.39, 0.29) is 5.54 Å². The first-order valence-corrected chi connectivity index (χ1v) is 8.83. The smallest absolute Gasteiger partial charge is 0.0613 e. The molecule has 0 aromatic rings. The molecule has 0 bridgehead atoms. The van der Waals surface area contributed by atoms with Gasteiger partial charge >= 0.3 is 0 Å². The van der Waals surface area contributed by atoms with Gasteiger partial charge in [0.25, 0.3) is 0 Å². The number of aliphatic hydroxyl groups is 1. The molecule has 3 rings (SSSR count). The van der Waals surface area contributed by atoms with Crippen molar-refractivity contribution in [3.8, 4) is 0 Å². The van der Waals surface area contributed by atoms with Crippen molar-refractivity contribution in [1.29, 1.82) is 0 Å². The van der Waals surface area contributed by atoms with E-state index in [1.54, 1.807) is 0 Å². The van der Waals surface area contributed by atoms with Crippen LogP contribution >= 0.6 is 0 Å². The lowest BCUT2D eigenvalue weighted by Gasteiger charge is -2.46. The molecule has 3 heteroatoms.